The largest absolute Gasteiger partial charge is 0.380 e. The molecule has 25 heavy (non-hydrogen) atoms. The zero-order valence-corrected chi connectivity index (χ0v) is 13.8. The molecule has 8 heteroatoms. The Balaban J connectivity index is 1.53. The molecule has 0 bridgehead atoms. The molecule has 8 nitrogen and oxygen atoms in total. The van der Waals surface area contributed by atoms with Crippen LogP contribution in [0.15, 0.2) is 41.4 Å². The standard InChI is InChI=1S/C17H20N6O2/c18-9-17(6-1-7-24-10-17)16-21-15(22-25-16)14-4-2-13(3-5-14)8-23-12-19-11-20-23/h2-5,11-12H,1,6-10,18H2. The Bertz CT molecular complexity index is 806. The second kappa shape index (κ2) is 6.73. The Kier molecular flexibility index (Phi) is 4.29. The van der Waals surface area contributed by atoms with Gasteiger partial charge in [0.25, 0.3) is 0 Å². The topological polar surface area (TPSA) is 105 Å². The lowest BCUT2D eigenvalue weighted by Crippen LogP contribution is -2.43. The third-order valence-electron chi connectivity index (χ3n) is 4.62. The first kappa shape index (κ1) is 15.9. The lowest BCUT2D eigenvalue weighted by Gasteiger charge is -2.32. The molecule has 1 saturated heterocycles. The Morgan fingerprint density at radius 3 is 2.80 bits per heavy atom. The van der Waals surface area contributed by atoms with Crippen molar-refractivity contribution in [1.29, 1.82) is 0 Å². The highest BCUT2D eigenvalue weighted by Gasteiger charge is 2.39. The predicted octanol–water partition coefficient (Wildman–Crippen LogP) is 1.38. The maximum absolute atomic E-state index is 5.98. The van der Waals surface area contributed by atoms with Crippen molar-refractivity contribution in [2.45, 2.75) is 24.8 Å². The molecule has 1 aliphatic rings. The van der Waals surface area contributed by atoms with Gasteiger partial charge >= 0.3 is 0 Å². The average molecular weight is 340 g/mol. The van der Waals surface area contributed by atoms with Crippen LogP contribution in [0.2, 0.25) is 0 Å². The van der Waals surface area contributed by atoms with Gasteiger partial charge in [0.05, 0.1) is 18.6 Å². The fourth-order valence-corrected chi connectivity index (χ4v) is 3.09. The van der Waals surface area contributed by atoms with Crippen LogP contribution in [0, 0.1) is 0 Å². The molecule has 1 aliphatic heterocycles. The number of rotatable bonds is 5. The number of ether oxygens (including phenoxy) is 1. The van der Waals surface area contributed by atoms with Gasteiger partial charge in [-0.3, -0.25) is 0 Å². The number of aromatic nitrogens is 5. The zero-order chi connectivity index (χ0) is 17.1. The van der Waals surface area contributed by atoms with Gasteiger partial charge in [0.1, 0.15) is 12.7 Å². The highest BCUT2D eigenvalue weighted by atomic mass is 16.5. The molecule has 1 fully saturated rings. The summed E-state index contributed by atoms with van der Waals surface area (Å²) in [4.78, 5) is 8.53. The third kappa shape index (κ3) is 3.18. The lowest BCUT2D eigenvalue weighted by molar-refractivity contribution is 0.0237. The highest BCUT2D eigenvalue weighted by Crippen LogP contribution is 2.32. The molecule has 0 saturated carbocycles. The summed E-state index contributed by atoms with van der Waals surface area (Å²) in [6, 6.07) is 8.01. The second-order valence-corrected chi connectivity index (χ2v) is 6.35. The van der Waals surface area contributed by atoms with Crippen LogP contribution >= 0.6 is 0 Å². The van der Waals surface area contributed by atoms with Gasteiger partial charge in [0.2, 0.25) is 11.7 Å². The van der Waals surface area contributed by atoms with Crippen LogP contribution < -0.4 is 5.73 Å². The number of nitrogens with zero attached hydrogens (tertiary/aromatic N) is 5. The lowest BCUT2D eigenvalue weighted by atomic mass is 9.82. The van der Waals surface area contributed by atoms with Crippen molar-refractivity contribution >= 4 is 0 Å². The van der Waals surface area contributed by atoms with Crippen molar-refractivity contribution in [3.05, 3.63) is 48.4 Å². The summed E-state index contributed by atoms with van der Waals surface area (Å²) < 4.78 is 12.9. The van der Waals surface area contributed by atoms with Gasteiger partial charge in [-0.25, -0.2) is 9.67 Å². The molecule has 3 aromatic rings. The quantitative estimate of drug-likeness (QED) is 0.748. The van der Waals surface area contributed by atoms with E-state index < -0.39 is 0 Å². The van der Waals surface area contributed by atoms with E-state index in [-0.39, 0.29) is 5.41 Å². The van der Waals surface area contributed by atoms with Crippen LogP contribution in [0.4, 0.5) is 0 Å². The summed E-state index contributed by atoms with van der Waals surface area (Å²) in [6.45, 7) is 2.40. The molecule has 0 spiro atoms. The minimum atomic E-state index is -0.365. The molecule has 2 aromatic heterocycles. The zero-order valence-electron chi connectivity index (χ0n) is 13.8. The number of benzene rings is 1. The maximum atomic E-state index is 5.98. The smallest absolute Gasteiger partial charge is 0.236 e. The molecule has 1 atom stereocenters. The monoisotopic (exact) mass is 340 g/mol. The molecule has 1 unspecified atom stereocenters. The van der Waals surface area contributed by atoms with E-state index in [0.717, 1.165) is 30.6 Å². The van der Waals surface area contributed by atoms with Crippen LogP contribution in [0.3, 0.4) is 0 Å². The fraction of sp³-hybridized carbons (Fsp3) is 0.412. The van der Waals surface area contributed by atoms with Crippen molar-refractivity contribution in [3.8, 4) is 11.4 Å². The normalized spacial score (nSPS) is 20.7. The van der Waals surface area contributed by atoms with Gasteiger partial charge < -0.3 is 15.0 Å². The molecule has 4 rings (SSSR count). The van der Waals surface area contributed by atoms with E-state index in [9.17, 15) is 0 Å². The second-order valence-electron chi connectivity index (χ2n) is 6.35. The van der Waals surface area contributed by atoms with E-state index in [4.69, 9.17) is 15.0 Å². The minimum Gasteiger partial charge on any atom is -0.380 e. The molecule has 2 N–H and O–H groups in total. The number of hydrogen-bond acceptors (Lipinski definition) is 7. The summed E-state index contributed by atoms with van der Waals surface area (Å²) in [5.74, 6) is 1.14. The van der Waals surface area contributed by atoms with Gasteiger partial charge in [-0.05, 0) is 18.4 Å². The summed E-state index contributed by atoms with van der Waals surface area (Å²) >= 11 is 0. The molecule has 0 aliphatic carbocycles. The van der Waals surface area contributed by atoms with Crippen molar-refractivity contribution in [3.63, 3.8) is 0 Å². The summed E-state index contributed by atoms with van der Waals surface area (Å²) in [6.07, 6.45) is 5.07. The fourth-order valence-electron chi connectivity index (χ4n) is 3.09. The number of hydrogen-bond donors (Lipinski definition) is 1. The molecule has 1 aromatic carbocycles. The minimum absolute atomic E-state index is 0.365. The Morgan fingerprint density at radius 2 is 2.12 bits per heavy atom. The van der Waals surface area contributed by atoms with Gasteiger partial charge in [0, 0.05) is 18.7 Å². The Hall–Kier alpha value is -2.58. The maximum Gasteiger partial charge on any atom is 0.236 e. The van der Waals surface area contributed by atoms with E-state index in [2.05, 4.69) is 20.2 Å². The molecular weight excluding hydrogens is 320 g/mol. The van der Waals surface area contributed by atoms with Crippen molar-refractivity contribution < 1.29 is 9.26 Å². The average Bonchev–Trinajstić information content (AvgIpc) is 3.35. The van der Waals surface area contributed by atoms with Crippen molar-refractivity contribution in [2.75, 3.05) is 19.8 Å². The molecule has 130 valence electrons. The molecule has 3 heterocycles. The number of nitrogens with two attached hydrogens (primary N) is 1. The Morgan fingerprint density at radius 1 is 1.24 bits per heavy atom. The van der Waals surface area contributed by atoms with Gasteiger partial charge in [0.15, 0.2) is 0 Å². The first-order chi connectivity index (χ1) is 12.3. The summed E-state index contributed by atoms with van der Waals surface area (Å²) in [5.41, 5.74) is 7.64. The first-order valence-corrected chi connectivity index (χ1v) is 8.33. The highest BCUT2D eigenvalue weighted by molar-refractivity contribution is 5.54. The third-order valence-corrected chi connectivity index (χ3v) is 4.62. The molecule has 0 radical (unpaired) electrons. The van der Waals surface area contributed by atoms with Crippen molar-refractivity contribution in [1.82, 2.24) is 24.9 Å². The Labute approximate surface area is 145 Å². The summed E-state index contributed by atoms with van der Waals surface area (Å²) in [7, 11) is 0. The van der Waals surface area contributed by atoms with E-state index in [0.29, 0.717) is 31.4 Å². The van der Waals surface area contributed by atoms with E-state index in [1.54, 1.807) is 11.0 Å². The van der Waals surface area contributed by atoms with Crippen LogP contribution in [0.5, 0.6) is 0 Å². The van der Waals surface area contributed by atoms with Crippen LogP contribution in [0.25, 0.3) is 11.4 Å². The van der Waals surface area contributed by atoms with Crippen LogP contribution in [-0.4, -0.2) is 44.7 Å². The van der Waals surface area contributed by atoms with Crippen LogP contribution in [0.1, 0.15) is 24.3 Å². The van der Waals surface area contributed by atoms with Crippen LogP contribution in [-0.2, 0) is 16.7 Å². The van der Waals surface area contributed by atoms with Gasteiger partial charge in [-0.2, -0.15) is 10.1 Å². The van der Waals surface area contributed by atoms with Crippen molar-refractivity contribution in [2.24, 2.45) is 5.73 Å². The predicted molar refractivity (Wildman–Crippen MR) is 89.6 cm³/mol. The van der Waals surface area contributed by atoms with E-state index >= 15 is 0 Å². The summed E-state index contributed by atoms with van der Waals surface area (Å²) in [5, 5.41) is 8.24. The molecule has 0 amide bonds. The first-order valence-electron chi connectivity index (χ1n) is 8.33. The molecular formula is C17H20N6O2. The SMILES string of the molecule is NCC1(c2nc(-c3ccc(Cn4cncn4)cc3)no2)CCCOC1. The van der Waals surface area contributed by atoms with E-state index in [1.165, 1.54) is 6.33 Å². The van der Waals surface area contributed by atoms with E-state index in [1.807, 2.05) is 24.3 Å². The van der Waals surface area contributed by atoms with Gasteiger partial charge in [-0.1, -0.05) is 29.4 Å². The van der Waals surface area contributed by atoms with Gasteiger partial charge in [-0.15, -0.1) is 0 Å².